The van der Waals surface area contributed by atoms with Crippen LogP contribution in [0.1, 0.15) is 6.92 Å². The summed E-state index contributed by atoms with van der Waals surface area (Å²) in [6, 6.07) is 8.98. The van der Waals surface area contributed by atoms with Crippen LogP contribution in [0.5, 0.6) is 0 Å². The highest BCUT2D eigenvalue weighted by Crippen LogP contribution is 2.04. The minimum Gasteiger partial charge on any atom is -0.325 e. The van der Waals surface area contributed by atoms with Gasteiger partial charge in [-0.15, -0.1) is 0 Å². The monoisotopic (exact) mass is 176 g/mol. The zero-order valence-electron chi connectivity index (χ0n) is 7.28. The number of para-hydroxylation sites is 1. The molecule has 0 saturated carbocycles. The van der Waals surface area contributed by atoms with E-state index >= 15 is 0 Å². The van der Waals surface area contributed by atoms with E-state index in [1.54, 1.807) is 12.1 Å². The van der Waals surface area contributed by atoms with E-state index in [1.807, 2.05) is 18.2 Å². The molecule has 0 bridgehead atoms. The van der Waals surface area contributed by atoms with Gasteiger partial charge in [0.15, 0.2) is 0 Å². The summed E-state index contributed by atoms with van der Waals surface area (Å²) in [7, 11) is 0. The molecular formula is C10H10NO2. The molecule has 1 amide bonds. The van der Waals surface area contributed by atoms with Crippen molar-refractivity contribution in [1.29, 1.82) is 0 Å². The summed E-state index contributed by atoms with van der Waals surface area (Å²) in [5.74, 6) is -0.646. The second kappa shape index (κ2) is 4.40. The van der Waals surface area contributed by atoms with Crippen molar-refractivity contribution < 1.29 is 9.59 Å². The van der Waals surface area contributed by atoms with Crippen LogP contribution < -0.4 is 5.32 Å². The van der Waals surface area contributed by atoms with Gasteiger partial charge in [-0.2, -0.15) is 0 Å². The molecule has 1 N–H and O–H groups in total. The minimum absolute atomic E-state index is 0.256. The van der Waals surface area contributed by atoms with E-state index < -0.39 is 5.91 Å². The Kier molecular flexibility index (Phi) is 3.20. The average molecular weight is 176 g/mol. The molecule has 0 saturated heterocycles. The number of anilines is 1. The van der Waals surface area contributed by atoms with Crippen molar-refractivity contribution in [2.24, 2.45) is 0 Å². The van der Waals surface area contributed by atoms with Crippen LogP contribution in [0.3, 0.4) is 0 Å². The normalized spacial score (nSPS) is 9.31. The van der Waals surface area contributed by atoms with Crippen LogP contribution in [0.25, 0.3) is 0 Å². The van der Waals surface area contributed by atoms with Gasteiger partial charge in [0.25, 0.3) is 0 Å². The van der Waals surface area contributed by atoms with Crippen molar-refractivity contribution in [3.05, 3.63) is 36.8 Å². The molecule has 0 fully saturated rings. The molecule has 0 heterocycles. The molecule has 0 spiro atoms. The number of amides is 1. The molecule has 0 aromatic heterocycles. The molecule has 3 heteroatoms. The molecule has 3 nitrogen and oxygen atoms in total. The summed E-state index contributed by atoms with van der Waals surface area (Å²) in [5, 5.41) is 2.56. The molecule has 13 heavy (non-hydrogen) atoms. The van der Waals surface area contributed by atoms with E-state index in [4.69, 9.17) is 0 Å². The quantitative estimate of drug-likeness (QED) is 0.708. The standard InChI is InChI=1S/C10H10NO2/c1-8(12)7-10(13)11-9-5-3-2-4-6-9/h2-7H,1H3,(H,11,13). The van der Waals surface area contributed by atoms with Crippen molar-refractivity contribution in [3.63, 3.8) is 0 Å². The number of hydrogen-bond acceptors (Lipinski definition) is 2. The first-order chi connectivity index (χ1) is 6.18. The molecule has 1 aromatic rings. The molecule has 1 aromatic carbocycles. The molecular weight excluding hydrogens is 166 g/mol. The lowest BCUT2D eigenvalue weighted by atomic mass is 10.2. The van der Waals surface area contributed by atoms with Crippen LogP contribution in [-0.2, 0) is 9.59 Å². The Morgan fingerprint density at radius 1 is 1.23 bits per heavy atom. The van der Waals surface area contributed by atoms with Gasteiger partial charge in [-0.3, -0.25) is 9.59 Å². The Balaban J connectivity index is 2.50. The molecule has 1 rings (SSSR count). The molecule has 1 radical (unpaired) electrons. The summed E-state index contributed by atoms with van der Waals surface area (Å²) in [6.07, 6.45) is 1.02. The number of carbonyl (C=O) groups excluding carboxylic acids is 2. The van der Waals surface area contributed by atoms with Crippen LogP contribution in [0.15, 0.2) is 30.3 Å². The first-order valence-corrected chi connectivity index (χ1v) is 3.90. The first kappa shape index (κ1) is 9.45. The van der Waals surface area contributed by atoms with Crippen molar-refractivity contribution in [1.82, 2.24) is 0 Å². The number of hydrogen-bond donors (Lipinski definition) is 1. The van der Waals surface area contributed by atoms with Gasteiger partial charge in [-0.25, -0.2) is 0 Å². The first-order valence-electron chi connectivity index (χ1n) is 3.90. The molecule has 0 aliphatic rings. The molecule has 0 unspecified atom stereocenters. The summed E-state index contributed by atoms with van der Waals surface area (Å²) in [6.45, 7) is 1.34. The van der Waals surface area contributed by atoms with Gasteiger partial charge in [0.2, 0.25) is 5.91 Å². The van der Waals surface area contributed by atoms with Gasteiger partial charge in [0.1, 0.15) is 12.2 Å². The van der Waals surface area contributed by atoms with Gasteiger partial charge >= 0.3 is 0 Å². The average Bonchev–Trinajstić information content (AvgIpc) is 2.04. The summed E-state index contributed by atoms with van der Waals surface area (Å²) < 4.78 is 0. The number of carbonyl (C=O) groups is 2. The van der Waals surface area contributed by atoms with Crippen LogP contribution in [0.2, 0.25) is 0 Å². The Morgan fingerprint density at radius 3 is 2.38 bits per heavy atom. The predicted molar refractivity (Wildman–Crippen MR) is 50.1 cm³/mol. The highest BCUT2D eigenvalue weighted by atomic mass is 16.2. The Labute approximate surface area is 76.8 Å². The maximum atomic E-state index is 11.0. The summed E-state index contributed by atoms with van der Waals surface area (Å²) in [5.41, 5.74) is 0.685. The Morgan fingerprint density at radius 2 is 1.85 bits per heavy atom. The number of ketones is 1. The SMILES string of the molecule is CC(=O)[CH]C(=O)Nc1ccccc1. The maximum Gasteiger partial charge on any atom is 0.236 e. The van der Waals surface area contributed by atoms with E-state index in [9.17, 15) is 9.59 Å². The predicted octanol–water partition coefficient (Wildman–Crippen LogP) is 1.42. The molecule has 67 valence electrons. The zero-order chi connectivity index (χ0) is 9.68. The third-order valence-corrected chi connectivity index (χ3v) is 1.38. The number of rotatable bonds is 3. The van der Waals surface area contributed by atoms with E-state index in [-0.39, 0.29) is 5.78 Å². The van der Waals surface area contributed by atoms with Crippen molar-refractivity contribution in [3.8, 4) is 0 Å². The lowest BCUT2D eigenvalue weighted by molar-refractivity contribution is -0.119. The van der Waals surface area contributed by atoms with Gasteiger partial charge in [0, 0.05) is 5.69 Å². The van der Waals surface area contributed by atoms with Crippen LogP contribution >= 0.6 is 0 Å². The van der Waals surface area contributed by atoms with E-state index in [0.29, 0.717) is 5.69 Å². The fraction of sp³-hybridized carbons (Fsp3) is 0.100. The Hall–Kier alpha value is -1.64. The number of Topliss-reactive ketones (excluding diaryl/α,β-unsaturated/α-hetero) is 1. The van der Waals surface area contributed by atoms with Crippen molar-refractivity contribution in [2.75, 3.05) is 5.32 Å². The largest absolute Gasteiger partial charge is 0.325 e. The lowest BCUT2D eigenvalue weighted by Gasteiger charge is -2.01. The molecule has 0 aliphatic heterocycles. The molecule has 0 aliphatic carbocycles. The van der Waals surface area contributed by atoms with Crippen molar-refractivity contribution >= 4 is 17.4 Å². The maximum absolute atomic E-state index is 11.0. The fourth-order valence-corrected chi connectivity index (χ4v) is 0.884. The minimum atomic E-state index is -0.390. The smallest absolute Gasteiger partial charge is 0.236 e. The number of nitrogens with one attached hydrogen (secondary N) is 1. The third kappa shape index (κ3) is 3.51. The summed E-state index contributed by atoms with van der Waals surface area (Å²) in [4.78, 5) is 21.6. The fourth-order valence-electron chi connectivity index (χ4n) is 0.884. The van der Waals surface area contributed by atoms with Gasteiger partial charge in [-0.05, 0) is 19.1 Å². The third-order valence-electron chi connectivity index (χ3n) is 1.38. The van der Waals surface area contributed by atoms with Gasteiger partial charge in [0.05, 0.1) is 0 Å². The zero-order valence-corrected chi connectivity index (χ0v) is 7.28. The van der Waals surface area contributed by atoms with Crippen LogP contribution in [0, 0.1) is 6.42 Å². The molecule has 0 atom stereocenters. The Bertz CT molecular complexity index is 306. The van der Waals surface area contributed by atoms with Crippen LogP contribution in [-0.4, -0.2) is 11.7 Å². The summed E-state index contributed by atoms with van der Waals surface area (Å²) >= 11 is 0. The number of benzene rings is 1. The highest BCUT2D eigenvalue weighted by molar-refractivity contribution is 6.13. The second-order valence-electron chi connectivity index (χ2n) is 2.61. The topological polar surface area (TPSA) is 46.2 Å². The van der Waals surface area contributed by atoms with Gasteiger partial charge < -0.3 is 5.32 Å². The second-order valence-corrected chi connectivity index (χ2v) is 2.61. The van der Waals surface area contributed by atoms with E-state index in [1.165, 1.54) is 6.92 Å². The van der Waals surface area contributed by atoms with Crippen molar-refractivity contribution in [2.45, 2.75) is 6.92 Å². The van der Waals surface area contributed by atoms with E-state index in [0.717, 1.165) is 6.42 Å². The lowest BCUT2D eigenvalue weighted by Crippen LogP contribution is -2.15. The van der Waals surface area contributed by atoms with Crippen LogP contribution in [0.4, 0.5) is 5.69 Å². The highest BCUT2D eigenvalue weighted by Gasteiger charge is 2.04. The van der Waals surface area contributed by atoms with E-state index in [2.05, 4.69) is 5.32 Å². The van der Waals surface area contributed by atoms with Gasteiger partial charge in [-0.1, -0.05) is 18.2 Å².